The van der Waals surface area contributed by atoms with E-state index in [4.69, 9.17) is 4.55 Å². The summed E-state index contributed by atoms with van der Waals surface area (Å²) in [6.07, 6.45) is 0. The summed E-state index contributed by atoms with van der Waals surface area (Å²) in [4.78, 5) is 4.07. The first-order chi connectivity index (χ1) is 6.43. The van der Waals surface area contributed by atoms with Gasteiger partial charge in [-0.05, 0) is 6.07 Å². The minimum absolute atomic E-state index is 0.0394. The Morgan fingerprint density at radius 1 is 1.36 bits per heavy atom. The van der Waals surface area contributed by atoms with Crippen LogP contribution in [0.15, 0.2) is 29.2 Å². The van der Waals surface area contributed by atoms with Crippen LogP contribution in [0.3, 0.4) is 0 Å². The van der Waals surface area contributed by atoms with Crippen molar-refractivity contribution < 1.29 is 22.9 Å². The van der Waals surface area contributed by atoms with Gasteiger partial charge in [0, 0.05) is 0 Å². The van der Waals surface area contributed by atoms with Crippen molar-refractivity contribution >= 4 is 10.1 Å². The number of nitrogens with one attached hydrogen (secondary N) is 1. The Hall–Kier alpha value is -0.990. The highest BCUT2D eigenvalue weighted by Gasteiger charge is 2.48. The lowest BCUT2D eigenvalue weighted by Crippen LogP contribution is -2.16. The molecule has 1 heterocycles. The van der Waals surface area contributed by atoms with Gasteiger partial charge in [0.05, 0.1) is 5.56 Å². The monoisotopic (exact) mass is 217 g/mol. The van der Waals surface area contributed by atoms with Crippen LogP contribution < -0.4 is 5.48 Å². The summed E-state index contributed by atoms with van der Waals surface area (Å²) in [5.41, 5.74) is 2.08. The van der Waals surface area contributed by atoms with Gasteiger partial charge in [-0.3, -0.25) is 4.55 Å². The van der Waals surface area contributed by atoms with Crippen LogP contribution in [-0.4, -0.2) is 18.1 Å². The van der Waals surface area contributed by atoms with Crippen molar-refractivity contribution in [1.82, 2.24) is 5.48 Å². The van der Waals surface area contributed by atoms with Gasteiger partial charge in [0.2, 0.25) is 0 Å². The molecule has 76 valence electrons. The first-order valence-electron chi connectivity index (χ1n) is 3.68. The molecule has 1 saturated heterocycles. The third kappa shape index (κ3) is 1.51. The lowest BCUT2D eigenvalue weighted by Gasteiger charge is -2.06. The molecule has 1 fully saturated rings. The molecule has 0 aliphatic carbocycles. The predicted octanol–water partition coefficient (Wildman–Crippen LogP) is -0.429. The van der Waals surface area contributed by atoms with Gasteiger partial charge in [-0.2, -0.15) is 8.42 Å². The van der Waals surface area contributed by atoms with Gasteiger partial charge < -0.3 is 5.11 Å². The van der Waals surface area contributed by atoms with E-state index in [1.54, 1.807) is 0 Å². The molecule has 1 aromatic rings. The normalized spacial score (nSPS) is 26.1. The van der Waals surface area contributed by atoms with Crippen LogP contribution in [0, 0.1) is 0 Å². The van der Waals surface area contributed by atoms with Crippen LogP contribution >= 0.6 is 0 Å². The zero-order valence-corrected chi connectivity index (χ0v) is 7.65. The molecule has 0 radical (unpaired) electrons. The maximum absolute atomic E-state index is 10.9. The molecule has 1 aromatic carbocycles. The molecule has 0 amide bonds. The van der Waals surface area contributed by atoms with E-state index in [1.165, 1.54) is 24.3 Å². The van der Waals surface area contributed by atoms with Crippen molar-refractivity contribution in [3.8, 4) is 0 Å². The summed E-state index contributed by atoms with van der Waals surface area (Å²) in [5.74, 6) is -1.80. The third-order valence-corrected chi connectivity index (χ3v) is 2.74. The van der Waals surface area contributed by atoms with Crippen molar-refractivity contribution in [2.45, 2.75) is 10.8 Å². The lowest BCUT2D eigenvalue weighted by molar-refractivity contribution is 0.0305. The van der Waals surface area contributed by atoms with Crippen molar-refractivity contribution in [3.05, 3.63) is 29.8 Å². The highest BCUT2D eigenvalue weighted by Crippen LogP contribution is 2.33. The molecule has 0 saturated carbocycles. The number of hydroxylamine groups is 1. The first-order valence-corrected chi connectivity index (χ1v) is 5.12. The fourth-order valence-corrected chi connectivity index (χ4v) is 1.86. The Morgan fingerprint density at radius 2 is 1.93 bits per heavy atom. The molecule has 1 atom stereocenters. The second kappa shape index (κ2) is 2.75. The van der Waals surface area contributed by atoms with E-state index in [0.29, 0.717) is 0 Å². The van der Waals surface area contributed by atoms with E-state index < -0.39 is 16.0 Å². The number of rotatable bonds is 2. The summed E-state index contributed by atoms with van der Waals surface area (Å²) in [5, 5.41) is 9.44. The van der Waals surface area contributed by atoms with E-state index in [0.717, 1.165) is 0 Å². The standard InChI is InChI=1S/C7H7NO5S/c9-7(8-13-7)5-3-1-2-4-6(5)14(10,11)12/h1-4,8-9H,(H,10,11,12). The summed E-state index contributed by atoms with van der Waals surface area (Å²) < 4.78 is 30.6. The maximum atomic E-state index is 10.9. The smallest absolute Gasteiger partial charge is 0.295 e. The van der Waals surface area contributed by atoms with Crippen LogP contribution in [0.5, 0.6) is 0 Å². The Morgan fingerprint density at radius 3 is 2.43 bits per heavy atom. The highest BCUT2D eigenvalue weighted by atomic mass is 32.2. The largest absolute Gasteiger partial charge is 0.347 e. The van der Waals surface area contributed by atoms with Crippen molar-refractivity contribution in [1.29, 1.82) is 0 Å². The van der Waals surface area contributed by atoms with E-state index in [9.17, 15) is 13.5 Å². The Labute approximate surface area is 79.8 Å². The molecule has 0 aromatic heterocycles. The molecule has 3 N–H and O–H groups in total. The topological polar surface area (TPSA) is 109 Å². The van der Waals surface area contributed by atoms with Crippen LogP contribution in [0.2, 0.25) is 0 Å². The molecule has 0 spiro atoms. The summed E-state index contributed by atoms with van der Waals surface area (Å²) in [6, 6.07) is 5.46. The van der Waals surface area contributed by atoms with Crippen LogP contribution in [0.4, 0.5) is 0 Å². The molecule has 6 nitrogen and oxygen atoms in total. The number of benzene rings is 1. The van der Waals surface area contributed by atoms with E-state index in [1.807, 2.05) is 0 Å². The van der Waals surface area contributed by atoms with Gasteiger partial charge >= 0.3 is 0 Å². The summed E-state index contributed by atoms with van der Waals surface area (Å²) >= 11 is 0. The molecule has 1 aliphatic heterocycles. The van der Waals surface area contributed by atoms with Gasteiger partial charge in [0.15, 0.2) is 0 Å². The predicted molar refractivity (Wildman–Crippen MR) is 44.4 cm³/mol. The van der Waals surface area contributed by atoms with Crippen LogP contribution in [0.1, 0.15) is 5.56 Å². The summed E-state index contributed by atoms with van der Waals surface area (Å²) in [7, 11) is -4.36. The van der Waals surface area contributed by atoms with Gasteiger partial charge in [-0.1, -0.05) is 18.2 Å². The second-order valence-electron chi connectivity index (χ2n) is 2.82. The quantitative estimate of drug-likeness (QED) is 0.458. The van der Waals surface area contributed by atoms with E-state index >= 15 is 0 Å². The minimum atomic E-state index is -4.36. The molecular weight excluding hydrogens is 210 g/mol. The molecule has 7 heteroatoms. The lowest BCUT2D eigenvalue weighted by atomic mass is 10.2. The SMILES string of the molecule is O=S(=O)(O)c1ccccc1C1(O)NO1. The van der Waals surface area contributed by atoms with Crippen molar-refractivity contribution in [2.75, 3.05) is 0 Å². The average Bonchev–Trinajstić information content (AvgIpc) is 2.84. The Balaban J connectivity index is 2.61. The number of aliphatic hydroxyl groups is 1. The van der Waals surface area contributed by atoms with Crippen molar-refractivity contribution in [3.63, 3.8) is 0 Å². The number of hydrogen-bond acceptors (Lipinski definition) is 5. The maximum Gasteiger partial charge on any atom is 0.295 e. The molecule has 0 bridgehead atoms. The van der Waals surface area contributed by atoms with Gasteiger partial charge in [-0.25, -0.2) is 4.84 Å². The molecule has 2 rings (SSSR count). The Bertz CT molecular complexity index is 465. The van der Waals surface area contributed by atoms with Gasteiger partial charge in [0.25, 0.3) is 16.0 Å². The molecule has 14 heavy (non-hydrogen) atoms. The third-order valence-electron chi connectivity index (χ3n) is 1.83. The van der Waals surface area contributed by atoms with Crippen LogP contribution in [0.25, 0.3) is 0 Å². The van der Waals surface area contributed by atoms with E-state index in [-0.39, 0.29) is 10.5 Å². The number of hydrogen-bond donors (Lipinski definition) is 3. The molecule has 1 aliphatic rings. The fraction of sp³-hybridized carbons (Fsp3) is 0.143. The highest BCUT2D eigenvalue weighted by molar-refractivity contribution is 7.85. The zero-order valence-electron chi connectivity index (χ0n) is 6.84. The Kier molecular flexibility index (Phi) is 1.88. The zero-order chi connectivity index (χ0) is 10.4. The van der Waals surface area contributed by atoms with Crippen LogP contribution in [-0.2, 0) is 20.9 Å². The minimum Gasteiger partial charge on any atom is -0.347 e. The van der Waals surface area contributed by atoms with E-state index in [2.05, 4.69) is 10.3 Å². The molecular formula is C7H7NO5S. The second-order valence-corrected chi connectivity index (χ2v) is 4.21. The summed E-state index contributed by atoms with van der Waals surface area (Å²) in [6.45, 7) is 0. The van der Waals surface area contributed by atoms with Gasteiger partial charge in [0.1, 0.15) is 4.90 Å². The fourth-order valence-electron chi connectivity index (χ4n) is 1.13. The first kappa shape index (κ1) is 9.56. The molecule has 1 unspecified atom stereocenters. The van der Waals surface area contributed by atoms with Gasteiger partial charge in [-0.15, -0.1) is 5.48 Å². The van der Waals surface area contributed by atoms with Crippen molar-refractivity contribution in [2.24, 2.45) is 0 Å². The average molecular weight is 217 g/mol.